The molecule has 7 heteroatoms. The van der Waals surface area contributed by atoms with Crippen molar-refractivity contribution in [3.63, 3.8) is 0 Å². The Bertz CT molecular complexity index is 289. The summed E-state index contributed by atoms with van der Waals surface area (Å²) < 4.78 is 26.0. The molecule has 0 aromatic rings. The van der Waals surface area contributed by atoms with Crippen LogP contribution in [0.1, 0.15) is 6.92 Å². The minimum Gasteiger partial charge on any atom is -0.433 e. The Kier molecular flexibility index (Phi) is 3.28. The summed E-state index contributed by atoms with van der Waals surface area (Å²) in [5.41, 5.74) is 0. The summed E-state index contributed by atoms with van der Waals surface area (Å²) in [7, 11) is 0.729. The van der Waals surface area contributed by atoms with Gasteiger partial charge in [-0.3, -0.25) is 0 Å². The minimum absolute atomic E-state index is 0.0512. The number of carboxylic acid groups (broad SMARTS) is 1. The van der Waals surface area contributed by atoms with Gasteiger partial charge in [0.2, 0.25) is 5.37 Å². The lowest BCUT2D eigenvalue weighted by molar-refractivity contribution is -0.880. The summed E-state index contributed by atoms with van der Waals surface area (Å²) in [5.74, 6) is 0. The third-order valence-electron chi connectivity index (χ3n) is 1.69. The van der Waals surface area contributed by atoms with E-state index in [1.807, 2.05) is 0 Å². The van der Waals surface area contributed by atoms with Crippen molar-refractivity contribution >= 4 is 16.3 Å². The minimum atomic E-state index is -4.11. The van der Waals surface area contributed by atoms with Gasteiger partial charge in [0.05, 0.1) is 21.1 Å². The molecule has 78 valence electrons. The second-order valence-electron chi connectivity index (χ2n) is 3.54. The molecule has 1 atom stereocenters. The van der Waals surface area contributed by atoms with Gasteiger partial charge in [0.15, 0.2) is 0 Å². The van der Waals surface area contributed by atoms with Crippen LogP contribution in [-0.2, 0) is 14.3 Å². The van der Waals surface area contributed by atoms with Gasteiger partial charge >= 0.3 is 10.1 Å². The van der Waals surface area contributed by atoms with Crippen LogP contribution in [0.4, 0.5) is 4.79 Å². The first kappa shape index (κ1) is 12.2. The predicted molar refractivity (Wildman–Crippen MR) is 42.9 cm³/mol. The standard InChI is InChI=1S/C6H13NO5S/c1-5(7(2,3)4)13(10,11)12-6(8)9/h5H,1-4H3. The Labute approximate surface area is 77.4 Å². The third kappa shape index (κ3) is 3.60. The molecule has 0 fully saturated rings. The summed E-state index contributed by atoms with van der Waals surface area (Å²) in [6.45, 7) is 1.36. The van der Waals surface area contributed by atoms with Crippen molar-refractivity contribution < 1.29 is 27.0 Å². The van der Waals surface area contributed by atoms with Gasteiger partial charge in [-0.25, -0.2) is 0 Å². The van der Waals surface area contributed by atoms with Crippen LogP contribution in [0.25, 0.3) is 0 Å². The number of hydrogen-bond donors (Lipinski definition) is 0. The molecule has 0 bridgehead atoms. The smallest absolute Gasteiger partial charge is 0.307 e. The zero-order chi connectivity index (χ0) is 10.9. The van der Waals surface area contributed by atoms with Gasteiger partial charge < -0.3 is 18.6 Å². The van der Waals surface area contributed by atoms with Crippen LogP contribution in [0.3, 0.4) is 0 Å². The summed E-state index contributed by atoms with van der Waals surface area (Å²) >= 11 is 0. The molecule has 1 unspecified atom stereocenters. The van der Waals surface area contributed by atoms with Gasteiger partial charge in [-0.15, -0.1) is 0 Å². The maximum Gasteiger partial charge on any atom is 0.307 e. The van der Waals surface area contributed by atoms with E-state index >= 15 is 0 Å². The Morgan fingerprint density at radius 2 is 1.77 bits per heavy atom. The lowest BCUT2D eigenvalue weighted by Gasteiger charge is -2.31. The molecule has 0 saturated heterocycles. The van der Waals surface area contributed by atoms with Gasteiger partial charge in [-0.1, -0.05) is 0 Å². The van der Waals surface area contributed by atoms with Crippen LogP contribution in [-0.4, -0.2) is 45.6 Å². The Hall–Kier alpha value is -0.820. The molecule has 0 amide bonds. The van der Waals surface area contributed by atoms with Gasteiger partial charge in [-0.2, -0.15) is 8.42 Å². The van der Waals surface area contributed by atoms with Crippen molar-refractivity contribution in [2.45, 2.75) is 12.3 Å². The van der Waals surface area contributed by atoms with Gasteiger partial charge in [0, 0.05) is 6.92 Å². The maximum absolute atomic E-state index is 11.1. The Balaban J connectivity index is 4.77. The first-order chi connectivity index (χ1) is 5.57. The molecule has 0 saturated carbocycles. The summed E-state index contributed by atoms with van der Waals surface area (Å²) in [4.78, 5) is 9.93. The Morgan fingerprint density at radius 3 is 2.00 bits per heavy atom. The first-order valence-corrected chi connectivity index (χ1v) is 5.00. The molecular formula is C6H13NO5S. The average molecular weight is 211 g/mol. The first-order valence-electron chi connectivity index (χ1n) is 3.53. The van der Waals surface area contributed by atoms with Crippen molar-refractivity contribution in [1.82, 2.24) is 0 Å². The van der Waals surface area contributed by atoms with Gasteiger partial charge in [0.25, 0.3) is 6.16 Å². The van der Waals surface area contributed by atoms with Crippen LogP contribution in [0.2, 0.25) is 0 Å². The molecule has 0 aliphatic carbocycles. The van der Waals surface area contributed by atoms with E-state index in [-0.39, 0.29) is 4.48 Å². The highest BCUT2D eigenvalue weighted by molar-refractivity contribution is 7.87. The van der Waals surface area contributed by atoms with Crippen molar-refractivity contribution in [1.29, 1.82) is 0 Å². The highest BCUT2D eigenvalue weighted by Gasteiger charge is 2.32. The van der Waals surface area contributed by atoms with E-state index in [1.165, 1.54) is 6.92 Å². The molecule has 6 nitrogen and oxygen atoms in total. The maximum atomic E-state index is 11.1. The van der Waals surface area contributed by atoms with E-state index in [0.29, 0.717) is 0 Å². The monoisotopic (exact) mass is 211 g/mol. The second-order valence-corrected chi connectivity index (χ2v) is 5.38. The number of hydrogen-bond acceptors (Lipinski definition) is 5. The molecule has 13 heavy (non-hydrogen) atoms. The predicted octanol–water partition coefficient (Wildman–Crippen LogP) is -1.27. The Morgan fingerprint density at radius 1 is 1.38 bits per heavy atom. The fourth-order valence-corrected chi connectivity index (χ4v) is 1.66. The normalized spacial score (nSPS) is 15.1. The molecule has 0 aliphatic rings. The van der Waals surface area contributed by atoms with E-state index in [9.17, 15) is 18.3 Å². The van der Waals surface area contributed by atoms with Crippen molar-refractivity contribution in [2.75, 3.05) is 21.1 Å². The SMILES string of the molecule is CC([N+](C)(C)C)S(=O)(=O)OC(=O)[O-]. The topological polar surface area (TPSA) is 83.5 Å². The summed E-state index contributed by atoms with van der Waals surface area (Å²) in [6, 6.07) is 0. The lowest BCUT2D eigenvalue weighted by atomic mass is 10.6. The molecule has 0 N–H and O–H groups in total. The summed E-state index contributed by atoms with van der Waals surface area (Å²) in [6.07, 6.45) is -2.06. The van der Waals surface area contributed by atoms with E-state index < -0.39 is 21.6 Å². The molecule has 0 aromatic carbocycles. The highest BCUT2D eigenvalue weighted by Crippen LogP contribution is 2.11. The molecule has 0 rings (SSSR count). The zero-order valence-corrected chi connectivity index (χ0v) is 8.79. The average Bonchev–Trinajstić information content (AvgIpc) is 1.80. The van der Waals surface area contributed by atoms with E-state index in [1.54, 1.807) is 21.1 Å². The van der Waals surface area contributed by atoms with Crippen molar-refractivity contribution in [2.24, 2.45) is 0 Å². The molecule has 0 spiro atoms. The van der Waals surface area contributed by atoms with E-state index in [0.717, 1.165) is 0 Å². The van der Waals surface area contributed by atoms with E-state index in [2.05, 4.69) is 4.18 Å². The van der Waals surface area contributed by atoms with Gasteiger partial charge in [-0.05, 0) is 0 Å². The number of rotatable bonds is 3. The molecular weight excluding hydrogens is 198 g/mol. The fraction of sp³-hybridized carbons (Fsp3) is 0.833. The van der Waals surface area contributed by atoms with Crippen LogP contribution in [0, 0.1) is 0 Å². The fourth-order valence-electron chi connectivity index (χ4n) is 0.552. The number of quaternary nitrogens is 1. The molecule has 0 aliphatic heterocycles. The van der Waals surface area contributed by atoms with Crippen LogP contribution >= 0.6 is 0 Å². The van der Waals surface area contributed by atoms with Crippen LogP contribution < -0.4 is 5.11 Å². The number of nitrogens with zero attached hydrogens (tertiary/aromatic N) is 1. The molecule has 0 radical (unpaired) electrons. The zero-order valence-electron chi connectivity index (χ0n) is 7.97. The van der Waals surface area contributed by atoms with Crippen LogP contribution in [0.5, 0.6) is 0 Å². The third-order valence-corrected chi connectivity index (χ3v) is 3.53. The van der Waals surface area contributed by atoms with E-state index in [4.69, 9.17) is 0 Å². The molecule has 0 aromatic heterocycles. The highest BCUT2D eigenvalue weighted by atomic mass is 32.2. The number of carbonyl (C=O) groups is 1. The van der Waals surface area contributed by atoms with Gasteiger partial charge in [0.1, 0.15) is 0 Å². The lowest BCUT2D eigenvalue weighted by Crippen LogP contribution is -2.49. The van der Waals surface area contributed by atoms with Crippen molar-refractivity contribution in [3.8, 4) is 0 Å². The van der Waals surface area contributed by atoms with Crippen LogP contribution in [0.15, 0.2) is 0 Å². The van der Waals surface area contributed by atoms with Crippen molar-refractivity contribution in [3.05, 3.63) is 0 Å². The quantitative estimate of drug-likeness (QED) is 0.429. The summed E-state index contributed by atoms with van der Waals surface area (Å²) in [5, 5.41) is 8.96. The molecule has 0 heterocycles. The largest absolute Gasteiger partial charge is 0.433 e. The second kappa shape index (κ2) is 3.51. The number of carbonyl (C=O) groups excluding carboxylic acids is 1.